The van der Waals surface area contributed by atoms with Gasteiger partial charge in [-0.3, -0.25) is 4.79 Å². The summed E-state index contributed by atoms with van der Waals surface area (Å²) in [6, 6.07) is 18.0. The third-order valence-electron chi connectivity index (χ3n) is 4.29. The Kier molecular flexibility index (Phi) is 6.17. The highest BCUT2D eigenvalue weighted by Gasteiger charge is 2.17. The van der Waals surface area contributed by atoms with Gasteiger partial charge in [-0.25, -0.2) is 4.98 Å². The molecule has 1 amide bonds. The van der Waals surface area contributed by atoms with E-state index >= 15 is 0 Å². The van der Waals surface area contributed by atoms with Gasteiger partial charge in [0, 0.05) is 19.8 Å². The first kappa shape index (κ1) is 21.0. The second-order valence-electron chi connectivity index (χ2n) is 6.54. The molecule has 0 radical (unpaired) electrons. The van der Waals surface area contributed by atoms with E-state index in [0.29, 0.717) is 38.5 Å². The van der Waals surface area contributed by atoms with Crippen molar-refractivity contribution in [2.24, 2.45) is 0 Å². The summed E-state index contributed by atoms with van der Waals surface area (Å²) in [5.41, 5.74) is 2.77. The maximum Gasteiger partial charge on any atom is 0.265 e. The van der Waals surface area contributed by atoms with E-state index in [-0.39, 0.29) is 5.91 Å². The molecule has 5 nitrogen and oxygen atoms in total. The van der Waals surface area contributed by atoms with Crippen LogP contribution in [0.2, 0.25) is 10.0 Å². The summed E-state index contributed by atoms with van der Waals surface area (Å²) < 4.78 is 12.6. The molecule has 152 valence electrons. The Balaban J connectivity index is 1.49. The molecule has 0 saturated heterocycles. The highest BCUT2D eigenvalue weighted by molar-refractivity contribution is 14.1. The standard InChI is InChI=1S/C22H15Cl2IN2O3/c1-12(29-19-7-5-14(23)10-17(19)24)21(28)26-16-6-8-20-18(11-16)27-22(30-20)13-3-2-4-15(25)9-13/h2-12H,1H3,(H,26,28). The summed E-state index contributed by atoms with van der Waals surface area (Å²) in [5, 5.41) is 3.66. The molecular weight excluding hydrogens is 538 g/mol. The molecule has 0 saturated carbocycles. The third-order valence-corrected chi connectivity index (χ3v) is 5.50. The summed E-state index contributed by atoms with van der Waals surface area (Å²) in [6.45, 7) is 1.64. The zero-order chi connectivity index (χ0) is 21.3. The van der Waals surface area contributed by atoms with Gasteiger partial charge in [0.15, 0.2) is 11.7 Å². The van der Waals surface area contributed by atoms with Gasteiger partial charge in [0.25, 0.3) is 5.91 Å². The third kappa shape index (κ3) is 4.71. The van der Waals surface area contributed by atoms with Crippen molar-refractivity contribution in [1.29, 1.82) is 0 Å². The highest BCUT2D eigenvalue weighted by Crippen LogP contribution is 2.29. The summed E-state index contributed by atoms with van der Waals surface area (Å²) in [5.74, 6) is 0.598. The number of amides is 1. The molecule has 8 heteroatoms. The van der Waals surface area contributed by atoms with Crippen LogP contribution in [0.15, 0.2) is 65.1 Å². The fraction of sp³-hybridized carbons (Fsp3) is 0.0909. The lowest BCUT2D eigenvalue weighted by Crippen LogP contribution is -2.30. The lowest BCUT2D eigenvalue weighted by atomic mass is 10.2. The van der Waals surface area contributed by atoms with E-state index in [1.807, 2.05) is 24.3 Å². The number of carbonyl (C=O) groups is 1. The van der Waals surface area contributed by atoms with Gasteiger partial charge in [-0.1, -0.05) is 29.3 Å². The first-order valence-corrected chi connectivity index (χ1v) is 10.8. The number of benzene rings is 3. The van der Waals surface area contributed by atoms with Crippen molar-refractivity contribution in [3.05, 3.63) is 74.3 Å². The minimum absolute atomic E-state index is 0.318. The van der Waals surface area contributed by atoms with Gasteiger partial charge in [0.1, 0.15) is 11.3 Å². The quantitative estimate of drug-likeness (QED) is 0.276. The van der Waals surface area contributed by atoms with E-state index in [1.165, 1.54) is 0 Å². The summed E-state index contributed by atoms with van der Waals surface area (Å²) in [6.07, 6.45) is -0.765. The monoisotopic (exact) mass is 552 g/mol. The van der Waals surface area contributed by atoms with Crippen molar-refractivity contribution in [2.45, 2.75) is 13.0 Å². The first-order valence-electron chi connectivity index (χ1n) is 8.98. The molecule has 1 atom stereocenters. The number of ether oxygens (including phenoxy) is 1. The Morgan fingerprint density at radius 3 is 2.73 bits per heavy atom. The van der Waals surface area contributed by atoms with Crippen LogP contribution in [0.3, 0.4) is 0 Å². The molecule has 1 aromatic heterocycles. The Morgan fingerprint density at radius 2 is 1.97 bits per heavy atom. The number of hydrogen-bond acceptors (Lipinski definition) is 4. The largest absolute Gasteiger partial charge is 0.479 e. The Hall–Kier alpha value is -2.29. The van der Waals surface area contributed by atoms with Gasteiger partial charge in [-0.2, -0.15) is 0 Å². The molecule has 30 heavy (non-hydrogen) atoms. The molecule has 4 rings (SSSR count). The van der Waals surface area contributed by atoms with Crippen molar-refractivity contribution >= 4 is 68.5 Å². The number of rotatable bonds is 5. The molecule has 3 aromatic carbocycles. The molecule has 0 aliphatic heterocycles. The zero-order valence-electron chi connectivity index (χ0n) is 15.7. The minimum Gasteiger partial charge on any atom is -0.479 e. The maximum atomic E-state index is 12.5. The van der Waals surface area contributed by atoms with E-state index in [1.54, 1.807) is 43.3 Å². The fourth-order valence-corrected chi connectivity index (χ4v) is 3.80. The van der Waals surface area contributed by atoms with E-state index < -0.39 is 6.10 Å². The smallest absolute Gasteiger partial charge is 0.265 e. The average molecular weight is 553 g/mol. The number of nitrogens with zero attached hydrogens (tertiary/aromatic N) is 1. The van der Waals surface area contributed by atoms with Gasteiger partial charge in [0.2, 0.25) is 5.89 Å². The van der Waals surface area contributed by atoms with Crippen molar-refractivity contribution in [1.82, 2.24) is 4.98 Å². The fourth-order valence-electron chi connectivity index (χ4n) is 2.81. The van der Waals surface area contributed by atoms with Gasteiger partial charge in [-0.05, 0) is 84.1 Å². The normalized spacial score (nSPS) is 12.0. The number of carbonyl (C=O) groups excluding carboxylic acids is 1. The van der Waals surface area contributed by atoms with Crippen LogP contribution < -0.4 is 10.1 Å². The lowest BCUT2D eigenvalue weighted by molar-refractivity contribution is -0.122. The maximum absolute atomic E-state index is 12.5. The molecular formula is C22H15Cl2IN2O3. The number of halogens is 3. The predicted octanol–water partition coefficient (Wildman–Crippen LogP) is 6.81. The van der Waals surface area contributed by atoms with Gasteiger partial charge in [-0.15, -0.1) is 0 Å². The molecule has 4 aromatic rings. The Bertz CT molecular complexity index is 1240. The van der Waals surface area contributed by atoms with Crippen molar-refractivity contribution in [3.8, 4) is 17.2 Å². The van der Waals surface area contributed by atoms with Crippen LogP contribution in [0.1, 0.15) is 6.92 Å². The zero-order valence-corrected chi connectivity index (χ0v) is 19.3. The Labute approximate surface area is 196 Å². The molecule has 0 aliphatic carbocycles. The van der Waals surface area contributed by atoms with Crippen LogP contribution in [0.4, 0.5) is 5.69 Å². The summed E-state index contributed by atoms with van der Waals surface area (Å²) in [4.78, 5) is 17.1. The Morgan fingerprint density at radius 1 is 1.13 bits per heavy atom. The summed E-state index contributed by atoms with van der Waals surface area (Å²) >= 11 is 14.2. The van der Waals surface area contributed by atoms with Crippen molar-refractivity contribution in [3.63, 3.8) is 0 Å². The second kappa shape index (κ2) is 8.83. The van der Waals surface area contributed by atoms with Crippen LogP contribution in [-0.4, -0.2) is 17.0 Å². The number of nitrogens with one attached hydrogen (secondary N) is 1. The van der Waals surface area contributed by atoms with Gasteiger partial charge < -0.3 is 14.5 Å². The summed E-state index contributed by atoms with van der Waals surface area (Å²) in [7, 11) is 0. The lowest BCUT2D eigenvalue weighted by Gasteiger charge is -2.15. The number of aromatic nitrogens is 1. The van der Waals surface area contributed by atoms with Gasteiger partial charge in [0.05, 0.1) is 5.02 Å². The van der Waals surface area contributed by atoms with Crippen LogP contribution in [0, 0.1) is 3.57 Å². The second-order valence-corrected chi connectivity index (χ2v) is 8.63. The van der Waals surface area contributed by atoms with Crippen LogP contribution in [0.25, 0.3) is 22.6 Å². The van der Waals surface area contributed by atoms with Crippen molar-refractivity contribution in [2.75, 3.05) is 5.32 Å². The predicted molar refractivity (Wildman–Crippen MR) is 127 cm³/mol. The van der Waals surface area contributed by atoms with Crippen LogP contribution >= 0.6 is 45.8 Å². The SMILES string of the molecule is CC(Oc1ccc(Cl)cc1Cl)C(=O)Nc1ccc2oc(-c3cccc(I)c3)nc2c1. The van der Waals surface area contributed by atoms with Crippen molar-refractivity contribution < 1.29 is 13.9 Å². The van der Waals surface area contributed by atoms with E-state index in [2.05, 4.69) is 32.9 Å². The van der Waals surface area contributed by atoms with E-state index in [0.717, 1.165) is 9.13 Å². The number of hydrogen-bond donors (Lipinski definition) is 1. The number of fused-ring (bicyclic) bond motifs is 1. The number of anilines is 1. The number of oxazole rings is 1. The molecule has 0 aliphatic rings. The molecule has 1 heterocycles. The van der Waals surface area contributed by atoms with E-state index in [9.17, 15) is 4.79 Å². The molecule has 0 fully saturated rings. The van der Waals surface area contributed by atoms with Crippen LogP contribution in [0.5, 0.6) is 5.75 Å². The van der Waals surface area contributed by atoms with E-state index in [4.69, 9.17) is 32.4 Å². The topological polar surface area (TPSA) is 64.4 Å². The van der Waals surface area contributed by atoms with Gasteiger partial charge >= 0.3 is 0 Å². The minimum atomic E-state index is -0.765. The molecule has 1 N–H and O–H groups in total. The molecule has 0 bridgehead atoms. The molecule has 0 spiro atoms. The first-order chi connectivity index (χ1) is 14.4. The average Bonchev–Trinajstić information content (AvgIpc) is 3.13. The molecule has 1 unspecified atom stereocenters. The van der Waals surface area contributed by atoms with Crippen LogP contribution in [-0.2, 0) is 4.79 Å². The highest BCUT2D eigenvalue weighted by atomic mass is 127.